The van der Waals surface area contributed by atoms with Crippen LogP contribution in [0.4, 0.5) is 10.5 Å². The van der Waals surface area contributed by atoms with Crippen LogP contribution in [0, 0.1) is 0 Å². The summed E-state index contributed by atoms with van der Waals surface area (Å²) in [6.45, 7) is 0. The molecule has 0 aliphatic heterocycles. The fourth-order valence-electron chi connectivity index (χ4n) is 1.32. The number of anilines is 1. The Bertz CT molecular complexity index is 506. The number of nitrogens with zero attached hydrogens (tertiary/aromatic N) is 1. The standard InChI is InChI=1S/C9H9N3O3/c1-15-8-10-5-3-2-4-6(7(5)12-8)11-9(13)14/h2-4,11H,1H3,(H,10,12)(H,13,14). The summed E-state index contributed by atoms with van der Waals surface area (Å²) in [5.41, 5.74) is 1.69. The van der Waals surface area contributed by atoms with Crippen LogP contribution in [0.25, 0.3) is 11.0 Å². The average Bonchev–Trinajstić information content (AvgIpc) is 2.61. The number of nitrogens with one attached hydrogen (secondary N) is 2. The third-order valence-corrected chi connectivity index (χ3v) is 1.93. The number of methoxy groups -OCH3 is 1. The van der Waals surface area contributed by atoms with Crippen molar-refractivity contribution in [1.29, 1.82) is 0 Å². The minimum Gasteiger partial charge on any atom is -0.468 e. The molecule has 15 heavy (non-hydrogen) atoms. The third kappa shape index (κ3) is 1.69. The van der Waals surface area contributed by atoms with Crippen LogP contribution in [0.15, 0.2) is 18.2 Å². The summed E-state index contributed by atoms with van der Waals surface area (Å²) in [5.74, 6) is 0. The fraction of sp³-hybridized carbons (Fsp3) is 0.111. The number of fused-ring (bicyclic) bond motifs is 1. The number of ether oxygens (including phenoxy) is 1. The molecule has 78 valence electrons. The number of hydrogen-bond acceptors (Lipinski definition) is 3. The van der Waals surface area contributed by atoms with Crippen molar-refractivity contribution in [1.82, 2.24) is 9.97 Å². The number of benzene rings is 1. The summed E-state index contributed by atoms with van der Waals surface area (Å²) in [7, 11) is 1.49. The highest BCUT2D eigenvalue weighted by Gasteiger charge is 2.08. The summed E-state index contributed by atoms with van der Waals surface area (Å²) in [5, 5.41) is 10.9. The summed E-state index contributed by atoms with van der Waals surface area (Å²) in [6, 6.07) is 5.50. The Kier molecular flexibility index (Phi) is 2.17. The summed E-state index contributed by atoms with van der Waals surface area (Å²) in [6.07, 6.45) is -1.12. The molecule has 6 heteroatoms. The molecule has 0 atom stereocenters. The minimum atomic E-state index is -1.12. The molecule has 0 saturated carbocycles. The highest BCUT2D eigenvalue weighted by Crippen LogP contribution is 2.23. The van der Waals surface area contributed by atoms with Crippen LogP contribution in [-0.2, 0) is 0 Å². The molecule has 0 aliphatic carbocycles. The van der Waals surface area contributed by atoms with Gasteiger partial charge in [0.1, 0.15) is 5.52 Å². The molecule has 1 aromatic carbocycles. The first-order valence-electron chi connectivity index (χ1n) is 4.23. The quantitative estimate of drug-likeness (QED) is 0.698. The predicted octanol–water partition coefficient (Wildman–Crippen LogP) is 1.66. The van der Waals surface area contributed by atoms with E-state index in [4.69, 9.17) is 9.84 Å². The Hall–Kier alpha value is -2.24. The molecule has 1 aromatic heterocycles. The van der Waals surface area contributed by atoms with Gasteiger partial charge in [0.2, 0.25) is 0 Å². The number of hydrogen-bond donors (Lipinski definition) is 3. The van der Waals surface area contributed by atoms with Crippen LogP contribution in [0.1, 0.15) is 0 Å². The molecule has 0 aliphatic rings. The SMILES string of the molecule is COc1nc2c(NC(=O)O)cccc2[nH]1. The minimum absolute atomic E-state index is 0.352. The second-order valence-corrected chi connectivity index (χ2v) is 2.88. The van der Waals surface area contributed by atoms with E-state index in [-0.39, 0.29) is 0 Å². The van der Waals surface area contributed by atoms with Gasteiger partial charge in [0, 0.05) is 0 Å². The second-order valence-electron chi connectivity index (χ2n) is 2.88. The average molecular weight is 207 g/mol. The maximum Gasteiger partial charge on any atom is 0.409 e. The van der Waals surface area contributed by atoms with Crippen molar-refractivity contribution in [3.63, 3.8) is 0 Å². The topological polar surface area (TPSA) is 87.2 Å². The van der Waals surface area contributed by atoms with Crippen molar-refractivity contribution in [2.75, 3.05) is 12.4 Å². The molecule has 6 nitrogen and oxygen atoms in total. The number of rotatable bonds is 2. The zero-order chi connectivity index (χ0) is 10.8. The van der Waals surface area contributed by atoms with Gasteiger partial charge in [-0.25, -0.2) is 4.79 Å². The molecule has 0 radical (unpaired) electrons. The van der Waals surface area contributed by atoms with Crippen molar-refractivity contribution in [2.24, 2.45) is 0 Å². The van der Waals surface area contributed by atoms with Crippen molar-refractivity contribution >= 4 is 22.8 Å². The van der Waals surface area contributed by atoms with Crippen LogP contribution in [0.5, 0.6) is 6.01 Å². The van der Waals surface area contributed by atoms with Gasteiger partial charge in [-0.2, -0.15) is 4.98 Å². The van der Waals surface area contributed by atoms with E-state index in [9.17, 15) is 4.79 Å². The normalized spacial score (nSPS) is 10.2. The van der Waals surface area contributed by atoms with E-state index >= 15 is 0 Å². The highest BCUT2D eigenvalue weighted by atomic mass is 16.5. The lowest BCUT2D eigenvalue weighted by Gasteiger charge is -1.99. The molecule has 0 fully saturated rings. The number of H-pyrrole nitrogens is 1. The van der Waals surface area contributed by atoms with E-state index in [2.05, 4.69) is 15.3 Å². The molecular formula is C9H9N3O3. The number of aromatic amines is 1. The molecule has 0 spiro atoms. The Morgan fingerprint density at radius 3 is 3.07 bits per heavy atom. The monoisotopic (exact) mass is 207 g/mol. The van der Waals surface area contributed by atoms with Gasteiger partial charge in [0.05, 0.1) is 18.3 Å². The Morgan fingerprint density at radius 2 is 2.40 bits per heavy atom. The number of amides is 1. The van der Waals surface area contributed by atoms with E-state index in [0.29, 0.717) is 17.2 Å². The van der Waals surface area contributed by atoms with E-state index in [1.54, 1.807) is 18.2 Å². The number of aromatic nitrogens is 2. The van der Waals surface area contributed by atoms with Gasteiger partial charge in [0.25, 0.3) is 6.01 Å². The van der Waals surface area contributed by atoms with Gasteiger partial charge in [-0.15, -0.1) is 0 Å². The number of carbonyl (C=O) groups is 1. The first-order chi connectivity index (χ1) is 7.20. The molecular weight excluding hydrogens is 198 g/mol. The van der Waals surface area contributed by atoms with E-state index in [1.165, 1.54) is 7.11 Å². The van der Waals surface area contributed by atoms with Crippen LogP contribution >= 0.6 is 0 Å². The summed E-state index contributed by atoms with van der Waals surface area (Å²) < 4.78 is 4.92. The Labute approximate surface area is 84.9 Å². The van der Waals surface area contributed by atoms with Crippen molar-refractivity contribution in [3.8, 4) is 6.01 Å². The lowest BCUT2D eigenvalue weighted by Crippen LogP contribution is -2.07. The zero-order valence-electron chi connectivity index (χ0n) is 7.94. The zero-order valence-corrected chi connectivity index (χ0v) is 7.94. The number of para-hydroxylation sites is 1. The molecule has 2 rings (SSSR count). The largest absolute Gasteiger partial charge is 0.468 e. The van der Waals surface area contributed by atoms with Crippen LogP contribution in [0.3, 0.4) is 0 Å². The summed E-state index contributed by atoms with van der Waals surface area (Å²) >= 11 is 0. The highest BCUT2D eigenvalue weighted by molar-refractivity contribution is 5.96. The van der Waals surface area contributed by atoms with E-state index in [0.717, 1.165) is 5.52 Å². The predicted molar refractivity (Wildman–Crippen MR) is 54.3 cm³/mol. The fourth-order valence-corrected chi connectivity index (χ4v) is 1.32. The van der Waals surface area contributed by atoms with Crippen LogP contribution < -0.4 is 10.1 Å². The molecule has 1 amide bonds. The first kappa shape index (κ1) is 9.32. The van der Waals surface area contributed by atoms with Gasteiger partial charge in [0.15, 0.2) is 0 Å². The van der Waals surface area contributed by atoms with Gasteiger partial charge in [-0.1, -0.05) is 6.07 Å². The van der Waals surface area contributed by atoms with E-state index in [1.807, 2.05) is 0 Å². The van der Waals surface area contributed by atoms with Gasteiger partial charge in [-0.05, 0) is 12.1 Å². The van der Waals surface area contributed by atoms with Gasteiger partial charge >= 0.3 is 6.09 Å². The van der Waals surface area contributed by atoms with Crippen molar-refractivity contribution in [2.45, 2.75) is 0 Å². The summed E-state index contributed by atoms with van der Waals surface area (Å²) in [4.78, 5) is 17.5. The van der Waals surface area contributed by atoms with Crippen molar-refractivity contribution in [3.05, 3.63) is 18.2 Å². The Balaban J connectivity index is 2.54. The maximum absolute atomic E-state index is 10.5. The molecule has 2 aromatic rings. The number of imidazole rings is 1. The lowest BCUT2D eigenvalue weighted by molar-refractivity contribution is 0.210. The van der Waals surface area contributed by atoms with Crippen LogP contribution in [-0.4, -0.2) is 28.3 Å². The first-order valence-corrected chi connectivity index (χ1v) is 4.23. The molecule has 0 bridgehead atoms. The molecule has 3 N–H and O–H groups in total. The van der Waals surface area contributed by atoms with E-state index < -0.39 is 6.09 Å². The number of carboxylic acid groups (broad SMARTS) is 1. The second kappa shape index (κ2) is 3.49. The molecule has 0 unspecified atom stereocenters. The molecule has 1 heterocycles. The maximum atomic E-state index is 10.5. The van der Waals surface area contributed by atoms with Crippen molar-refractivity contribution < 1.29 is 14.6 Å². The van der Waals surface area contributed by atoms with Gasteiger partial charge in [-0.3, -0.25) is 5.32 Å². The lowest BCUT2D eigenvalue weighted by atomic mass is 10.3. The molecule has 0 saturated heterocycles. The third-order valence-electron chi connectivity index (χ3n) is 1.93. The Morgan fingerprint density at radius 1 is 1.60 bits per heavy atom. The smallest absolute Gasteiger partial charge is 0.409 e. The van der Waals surface area contributed by atoms with Crippen LogP contribution in [0.2, 0.25) is 0 Å². The van der Waals surface area contributed by atoms with Gasteiger partial charge < -0.3 is 14.8 Å².